The SMILES string of the molecule is CNc1nc(NCCCC(N)=O)c2ccsc2n1. The predicted octanol–water partition coefficient (Wildman–Crippen LogP) is 1.41. The minimum absolute atomic E-state index is 0.281. The van der Waals surface area contributed by atoms with E-state index in [-0.39, 0.29) is 5.91 Å². The molecule has 0 unspecified atom stereocenters. The van der Waals surface area contributed by atoms with Gasteiger partial charge in [-0.05, 0) is 17.9 Å². The molecule has 0 saturated heterocycles. The number of primary amides is 1. The van der Waals surface area contributed by atoms with E-state index >= 15 is 0 Å². The van der Waals surface area contributed by atoms with Gasteiger partial charge in [0.05, 0.1) is 5.39 Å². The van der Waals surface area contributed by atoms with Crippen molar-refractivity contribution >= 4 is 39.2 Å². The van der Waals surface area contributed by atoms with Gasteiger partial charge >= 0.3 is 0 Å². The zero-order valence-electron chi connectivity index (χ0n) is 10.1. The van der Waals surface area contributed by atoms with Crippen LogP contribution in [-0.4, -0.2) is 29.5 Å². The van der Waals surface area contributed by atoms with Crippen molar-refractivity contribution in [3.05, 3.63) is 11.4 Å². The topological polar surface area (TPSA) is 92.9 Å². The Labute approximate surface area is 109 Å². The number of aromatic nitrogens is 2. The Morgan fingerprint density at radius 3 is 3.06 bits per heavy atom. The van der Waals surface area contributed by atoms with Crippen LogP contribution in [0.2, 0.25) is 0 Å². The van der Waals surface area contributed by atoms with Crippen LogP contribution in [0.4, 0.5) is 11.8 Å². The van der Waals surface area contributed by atoms with Crippen LogP contribution in [0.1, 0.15) is 12.8 Å². The van der Waals surface area contributed by atoms with Crippen molar-refractivity contribution < 1.29 is 4.79 Å². The molecule has 7 heteroatoms. The molecule has 0 aliphatic carbocycles. The number of nitrogens with two attached hydrogens (primary N) is 1. The molecular formula is C11H15N5OS. The van der Waals surface area contributed by atoms with Gasteiger partial charge in [0.25, 0.3) is 0 Å². The van der Waals surface area contributed by atoms with Gasteiger partial charge in [0.1, 0.15) is 10.6 Å². The second-order valence-electron chi connectivity index (χ2n) is 3.78. The standard InChI is InChI=1S/C11H15N5OS/c1-13-11-15-9(14-5-2-3-8(12)17)7-4-6-18-10(7)16-11/h4,6H,2-3,5H2,1H3,(H2,12,17)(H2,13,14,15,16). The van der Waals surface area contributed by atoms with E-state index in [0.29, 0.717) is 25.3 Å². The average Bonchev–Trinajstić information content (AvgIpc) is 2.82. The first-order valence-electron chi connectivity index (χ1n) is 5.66. The highest BCUT2D eigenvalue weighted by molar-refractivity contribution is 7.16. The van der Waals surface area contributed by atoms with E-state index in [0.717, 1.165) is 16.0 Å². The number of rotatable bonds is 6. The molecule has 2 aromatic heterocycles. The predicted molar refractivity (Wildman–Crippen MR) is 73.9 cm³/mol. The number of nitrogens with one attached hydrogen (secondary N) is 2. The number of fused-ring (bicyclic) bond motifs is 1. The Balaban J connectivity index is 2.10. The molecule has 0 radical (unpaired) electrons. The summed E-state index contributed by atoms with van der Waals surface area (Å²) in [6.45, 7) is 0.661. The molecule has 0 aliphatic heterocycles. The normalized spacial score (nSPS) is 10.5. The summed E-state index contributed by atoms with van der Waals surface area (Å²) in [4.78, 5) is 20.3. The maximum Gasteiger partial charge on any atom is 0.225 e. The number of nitrogens with zero attached hydrogens (tertiary/aromatic N) is 2. The maximum atomic E-state index is 10.6. The van der Waals surface area contributed by atoms with Crippen LogP contribution in [0.25, 0.3) is 10.2 Å². The smallest absolute Gasteiger partial charge is 0.225 e. The van der Waals surface area contributed by atoms with Crippen LogP contribution in [0, 0.1) is 0 Å². The number of amides is 1. The van der Waals surface area contributed by atoms with Crippen LogP contribution in [-0.2, 0) is 4.79 Å². The first-order valence-corrected chi connectivity index (χ1v) is 6.54. The number of hydrogen-bond donors (Lipinski definition) is 3. The summed E-state index contributed by atoms with van der Waals surface area (Å²) in [5, 5.41) is 9.12. The van der Waals surface area contributed by atoms with Crippen LogP contribution in [0.5, 0.6) is 0 Å². The molecule has 4 N–H and O–H groups in total. The summed E-state index contributed by atoms with van der Waals surface area (Å²) in [5.74, 6) is 1.09. The lowest BCUT2D eigenvalue weighted by Crippen LogP contribution is -2.13. The minimum Gasteiger partial charge on any atom is -0.370 e. The third-order valence-corrected chi connectivity index (χ3v) is 3.25. The molecule has 6 nitrogen and oxygen atoms in total. The molecule has 18 heavy (non-hydrogen) atoms. The number of carbonyl (C=O) groups excluding carboxylic acids is 1. The van der Waals surface area contributed by atoms with Crippen LogP contribution in [0.3, 0.4) is 0 Å². The number of anilines is 2. The van der Waals surface area contributed by atoms with Gasteiger partial charge in [0.2, 0.25) is 11.9 Å². The monoisotopic (exact) mass is 265 g/mol. The van der Waals surface area contributed by atoms with E-state index in [1.165, 1.54) is 0 Å². The first kappa shape index (κ1) is 12.6. The Hall–Kier alpha value is -1.89. The van der Waals surface area contributed by atoms with Crippen LogP contribution in [0.15, 0.2) is 11.4 Å². The third kappa shape index (κ3) is 2.86. The van der Waals surface area contributed by atoms with Gasteiger partial charge in [-0.1, -0.05) is 0 Å². The highest BCUT2D eigenvalue weighted by Gasteiger charge is 2.07. The van der Waals surface area contributed by atoms with Crippen molar-refractivity contribution in [3.63, 3.8) is 0 Å². The lowest BCUT2D eigenvalue weighted by molar-refractivity contribution is -0.118. The van der Waals surface area contributed by atoms with Crippen molar-refractivity contribution in [2.24, 2.45) is 5.73 Å². The number of hydrogen-bond acceptors (Lipinski definition) is 6. The fraction of sp³-hybridized carbons (Fsp3) is 0.364. The van der Waals surface area contributed by atoms with Gasteiger partial charge in [0.15, 0.2) is 0 Å². The van der Waals surface area contributed by atoms with Gasteiger partial charge in [-0.25, -0.2) is 4.98 Å². The molecule has 2 aromatic rings. The molecule has 0 atom stereocenters. The molecule has 0 saturated carbocycles. The highest BCUT2D eigenvalue weighted by Crippen LogP contribution is 2.26. The van der Waals surface area contributed by atoms with E-state index in [1.807, 2.05) is 11.4 Å². The zero-order chi connectivity index (χ0) is 13.0. The van der Waals surface area contributed by atoms with E-state index in [4.69, 9.17) is 5.73 Å². The number of thiophene rings is 1. The molecular weight excluding hydrogens is 250 g/mol. The number of carbonyl (C=O) groups is 1. The van der Waals surface area contributed by atoms with Crippen LogP contribution >= 0.6 is 11.3 Å². The van der Waals surface area contributed by atoms with E-state index in [9.17, 15) is 4.79 Å². The van der Waals surface area contributed by atoms with Crippen molar-refractivity contribution in [3.8, 4) is 0 Å². The van der Waals surface area contributed by atoms with E-state index < -0.39 is 0 Å². The van der Waals surface area contributed by atoms with Crippen molar-refractivity contribution in [1.29, 1.82) is 0 Å². The summed E-state index contributed by atoms with van der Waals surface area (Å²) in [6, 6.07) is 1.98. The summed E-state index contributed by atoms with van der Waals surface area (Å²) in [7, 11) is 1.78. The summed E-state index contributed by atoms with van der Waals surface area (Å²) in [6.07, 6.45) is 1.07. The highest BCUT2D eigenvalue weighted by atomic mass is 32.1. The summed E-state index contributed by atoms with van der Waals surface area (Å²) < 4.78 is 0. The molecule has 2 rings (SSSR count). The Kier molecular flexibility index (Phi) is 3.93. The fourth-order valence-corrected chi connectivity index (χ4v) is 2.34. The molecule has 0 spiro atoms. The second kappa shape index (κ2) is 5.63. The Bertz CT molecular complexity index is 553. The molecule has 2 heterocycles. The van der Waals surface area contributed by atoms with Gasteiger partial charge < -0.3 is 16.4 Å². The Morgan fingerprint density at radius 2 is 2.33 bits per heavy atom. The molecule has 0 bridgehead atoms. The van der Waals surface area contributed by atoms with E-state index in [2.05, 4.69) is 20.6 Å². The largest absolute Gasteiger partial charge is 0.370 e. The molecule has 0 fully saturated rings. The lowest BCUT2D eigenvalue weighted by atomic mass is 10.3. The van der Waals surface area contributed by atoms with E-state index in [1.54, 1.807) is 18.4 Å². The fourth-order valence-electron chi connectivity index (χ4n) is 1.57. The summed E-state index contributed by atoms with van der Waals surface area (Å²) in [5.41, 5.74) is 5.09. The van der Waals surface area contributed by atoms with Crippen LogP contribution < -0.4 is 16.4 Å². The third-order valence-electron chi connectivity index (χ3n) is 2.44. The molecule has 96 valence electrons. The first-order chi connectivity index (χ1) is 8.70. The molecule has 0 aliphatic rings. The Morgan fingerprint density at radius 1 is 1.50 bits per heavy atom. The van der Waals surface area contributed by atoms with Gasteiger partial charge in [-0.15, -0.1) is 11.3 Å². The van der Waals surface area contributed by atoms with Gasteiger partial charge in [-0.2, -0.15) is 4.98 Å². The molecule has 1 amide bonds. The molecule has 0 aromatic carbocycles. The maximum absolute atomic E-state index is 10.6. The van der Waals surface area contributed by atoms with Gasteiger partial charge in [0, 0.05) is 20.0 Å². The minimum atomic E-state index is -0.281. The van der Waals surface area contributed by atoms with Crippen molar-refractivity contribution in [1.82, 2.24) is 9.97 Å². The average molecular weight is 265 g/mol. The zero-order valence-corrected chi connectivity index (χ0v) is 10.9. The second-order valence-corrected chi connectivity index (χ2v) is 4.68. The van der Waals surface area contributed by atoms with Gasteiger partial charge in [-0.3, -0.25) is 4.79 Å². The quantitative estimate of drug-likeness (QED) is 0.687. The lowest BCUT2D eigenvalue weighted by Gasteiger charge is -2.07. The summed E-state index contributed by atoms with van der Waals surface area (Å²) >= 11 is 1.57. The van der Waals surface area contributed by atoms with Crippen molar-refractivity contribution in [2.45, 2.75) is 12.8 Å². The van der Waals surface area contributed by atoms with Crippen molar-refractivity contribution in [2.75, 3.05) is 24.2 Å².